The summed E-state index contributed by atoms with van der Waals surface area (Å²) in [6, 6.07) is 7.25. The van der Waals surface area contributed by atoms with Crippen molar-refractivity contribution in [2.45, 2.75) is 45.7 Å². The molecule has 1 aromatic carbocycles. The van der Waals surface area contributed by atoms with E-state index in [2.05, 4.69) is 66.1 Å². The Morgan fingerprint density at radius 2 is 1.95 bits per heavy atom. The summed E-state index contributed by atoms with van der Waals surface area (Å²) in [6.45, 7) is 8.90. The van der Waals surface area contributed by atoms with Crippen molar-refractivity contribution in [1.29, 1.82) is 0 Å². The molecule has 0 bridgehead atoms. The van der Waals surface area contributed by atoms with Crippen LogP contribution in [0.3, 0.4) is 0 Å². The van der Waals surface area contributed by atoms with Crippen LogP contribution in [0.2, 0.25) is 0 Å². The summed E-state index contributed by atoms with van der Waals surface area (Å²) in [5.74, 6) is 0.877. The Morgan fingerprint density at radius 1 is 1.24 bits per heavy atom. The third kappa shape index (κ3) is 6.37. The van der Waals surface area contributed by atoms with Gasteiger partial charge in [-0.2, -0.15) is 0 Å². The Kier molecular flexibility index (Phi) is 8.30. The molecule has 0 aliphatic heterocycles. The Hall–Kier alpha value is -0.580. The first kappa shape index (κ1) is 18.5. The molecule has 0 aliphatic carbocycles. The van der Waals surface area contributed by atoms with Gasteiger partial charge in [-0.3, -0.25) is 0 Å². The predicted octanol–water partition coefficient (Wildman–Crippen LogP) is 4.23. The third-order valence-corrected chi connectivity index (χ3v) is 4.57. The molecule has 0 aromatic heterocycles. The van der Waals surface area contributed by atoms with Crippen LogP contribution in [0.15, 0.2) is 22.7 Å². The van der Waals surface area contributed by atoms with Crippen molar-refractivity contribution in [3.05, 3.63) is 28.2 Å². The van der Waals surface area contributed by atoms with Gasteiger partial charge >= 0.3 is 0 Å². The lowest BCUT2D eigenvalue weighted by Gasteiger charge is -2.21. The highest BCUT2D eigenvalue weighted by atomic mass is 79.9. The first-order chi connectivity index (χ1) is 9.95. The number of hydrogen-bond donors (Lipinski definition) is 1. The maximum atomic E-state index is 5.26. The molecule has 0 radical (unpaired) electrons. The number of unbranched alkanes of at least 4 members (excludes halogenated alkanes) is 1. The Bertz CT molecular complexity index is 423. The predicted molar refractivity (Wildman–Crippen MR) is 94.1 cm³/mol. The molecule has 1 atom stereocenters. The maximum Gasteiger partial charge on any atom is 0.133 e. The van der Waals surface area contributed by atoms with E-state index in [9.17, 15) is 0 Å². The van der Waals surface area contributed by atoms with Gasteiger partial charge in [0.1, 0.15) is 5.75 Å². The minimum atomic E-state index is 0.357. The lowest BCUT2D eigenvalue weighted by molar-refractivity contribution is 0.267. The molecule has 1 unspecified atom stereocenters. The molecule has 0 heterocycles. The highest BCUT2D eigenvalue weighted by Crippen LogP contribution is 2.27. The lowest BCUT2D eigenvalue weighted by atomic mass is 10.1. The summed E-state index contributed by atoms with van der Waals surface area (Å²) in [6.07, 6.45) is 2.44. The van der Waals surface area contributed by atoms with Crippen molar-refractivity contribution in [3.63, 3.8) is 0 Å². The summed E-state index contributed by atoms with van der Waals surface area (Å²) in [4.78, 5) is 2.39. The van der Waals surface area contributed by atoms with Crippen LogP contribution in [0.5, 0.6) is 5.75 Å². The van der Waals surface area contributed by atoms with E-state index in [-0.39, 0.29) is 0 Å². The lowest BCUT2D eigenvalue weighted by Crippen LogP contribution is -2.28. The van der Waals surface area contributed by atoms with E-state index in [1.165, 1.54) is 24.9 Å². The van der Waals surface area contributed by atoms with Crippen molar-refractivity contribution >= 4 is 15.9 Å². The van der Waals surface area contributed by atoms with Gasteiger partial charge in [0, 0.05) is 12.1 Å². The molecule has 1 N–H and O–H groups in total. The Balaban J connectivity index is 2.31. The van der Waals surface area contributed by atoms with Crippen LogP contribution < -0.4 is 10.1 Å². The zero-order valence-electron chi connectivity index (χ0n) is 13.9. The average molecular weight is 357 g/mol. The van der Waals surface area contributed by atoms with Gasteiger partial charge in [-0.1, -0.05) is 6.07 Å². The van der Waals surface area contributed by atoms with Gasteiger partial charge in [-0.25, -0.2) is 0 Å². The third-order valence-electron chi connectivity index (χ3n) is 3.95. The number of nitrogens with one attached hydrogen (secondary N) is 1. The smallest absolute Gasteiger partial charge is 0.133 e. The first-order valence-electron chi connectivity index (χ1n) is 7.72. The van der Waals surface area contributed by atoms with Crippen molar-refractivity contribution in [1.82, 2.24) is 10.2 Å². The van der Waals surface area contributed by atoms with Crippen LogP contribution in [-0.4, -0.2) is 38.2 Å². The van der Waals surface area contributed by atoms with Gasteiger partial charge in [0.2, 0.25) is 0 Å². The van der Waals surface area contributed by atoms with Crippen molar-refractivity contribution in [2.75, 3.05) is 27.2 Å². The van der Waals surface area contributed by atoms with Crippen molar-refractivity contribution < 1.29 is 4.74 Å². The van der Waals surface area contributed by atoms with E-state index in [4.69, 9.17) is 4.74 Å². The second kappa shape index (κ2) is 9.44. The topological polar surface area (TPSA) is 24.5 Å². The monoisotopic (exact) mass is 356 g/mol. The molecule has 0 fully saturated rings. The Labute approximate surface area is 138 Å². The number of halogens is 1. The van der Waals surface area contributed by atoms with Crippen molar-refractivity contribution in [2.24, 2.45) is 0 Å². The van der Waals surface area contributed by atoms with Gasteiger partial charge in [0.05, 0.1) is 11.6 Å². The zero-order chi connectivity index (χ0) is 15.8. The van der Waals surface area contributed by atoms with Gasteiger partial charge in [0.15, 0.2) is 0 Å². The van der Waals surface area contributed by atoms with Gasteiger partial charge in [-0.15, -0.1) is 0 Å². The molecular formula is C17H29BrN2O. The summed E-state index contributed by atoms with van der Waals surface area (Å²) in [5, 5.41) is 3.59. The largest absolute Gasteiger partial charge is 0.496 e. The molecule has 21 heavy (non-hydrogen) atoms. The highest BCUT2D eigenvalue weighted by Gasteiger charge is 2.08. The molecule has 4 heteroatoms. The van der Waals surface area contributed by atoms with Crippen LogP contribution in [0.1, 0.15) is 45.2 Å². The summed E-state index contributed by atoms with van der Waals surface area (Å²) >= 11 is 3.54. The van der Waals surface area contributed by atoms with E-state index in [0.717, 1.165) is 16.8 Å². The fraction of sp³-hybridized carbons (Fsp3) is 0.647. The second-order valence-electron chi connectivity index (χ2n) is 5.85. The quantitative estimate of drug-likeness (QED) is 0.670. The number of nitrogens with zero attached hydrogens (tertiary/aromatic N) is 1. The summed E-state index contributed by atoms with van der Waals surface area (Å²) < 4.78 is 6.27. The normalized spacial score (nSPS) is 13.0. The SMILES string of the molecule is COc1ccc(C(C)NCCCCN(C)C(C)C)cc1Br. The first-order valence-corrected chi connectivity index (χ1v) is 8.52. The van der Waals surface area contributed by atoms with E-state index >= 15 is 0 Å². The van der Waals surface area contributed by atoms with Crippen molar-refractivity contribution in [3.8, 4) is 5.75 Å². The number of methoxy groups -OCH3 is 1. The summed E-state index contributed by atoms with van der Waals surface area (Å²) in [7, 11) is 3.88. The molecule has 0 spiro atoms. The maximum absolute atomic E-state index is 5.26. The van der Waals surface area contributed by atoms with E-state index < -0.39 is 0 Å². The zero-order valence-corrected chi connectivity index (χ0v) is 15.5. The van der Waals surface area contributed by atoms with Gasteiger partial charge in [0.25, 0.3) is 0 Å². The van der Waals surface area contributed by atoms with E-state index in [0.29, 0.717) is 12.1 Å². The molecule has 0 aliphatic rings. The molecule has 1 aromatic rings. The minimum Gasteiger partial charge on any atom is -0.496 e. The van der Waals surface area contributed by atoms with Crippen LogP contribution in [0.25, 0.3) is 0 Å². The standard InChI is InChI=1S/C17H29BrN2O/c1-13(2)20(4)11-7-6-10-19-14(3)15-8-9-17(21-5)16(18)12-15/h8-9,12-14,19H,6-7,10-11H2,1-5H3. The minimum absolute atomic E-state index is 0.357. The number of hydrogen-bond acceptors (Lipinski definition) is 3. The molecule has 0 saturated carbocycles. The molecule has 3 nitrogen and oxygen atoms in total. The fourth-order valence-corrected chi connectivity index (χ4v) is 2.69. The second-order valence-corrected chi connectivity index (χ2v) is 6.71. The highest BCUT2D eigenvalue weighted by molar-refractivity contribution is 9.10. The molecule has 0 amide bonds. The number of ether oxygens (including phenoxy) is 1. The van der Waals surface area contributed by atoms with Crippen LogP contribution in [-0.2, 0) is 0 Å². The van der Waals surface area contributed by atoms with E-state index in [1.807, 2.05) is 6.07 Å². The van der Waals surface area contributed by atoms with Gasteiger partial charge in [-0.05, 0) is 87.4 Å². The van der Waals surface area contributed by atoms with Crippen LogP contribution in [0, 0.1) is 0 Å². The van der Waals surface area contributed by atoms with Gasteiger partial charge < -0.3 is 15.0 Å². The average Bonchev–Trinajstić information content (AvgIpc) is 2.46. The molecular weight excluding hydrogens is 328 g/mol. The summed E-state index contributed by atoms with van der Waals surface area (Å²) in [5.41, 5.74) is 1.28. The van der Waals surface area contributed by atoms with Crippen LogP contribution in [0.4, 0.5) is 0 Å². The fourth-order valence-electron chi connectivity index (χ4n) is 2.13. The molecule has 120 valence electrons. The Morgan fingerprint density at radius 3 is 2.52 bits per heavy atom. The van der Waals surface area contributed by atoms with E-state index in [1.54, 1.807) is 7.11 Å². The van der Waals surface area contributed by atoms with Crippen LogP contribution >= 0.6 is 15.9 Å². The number of rotatable bonds is 9. The molecule has 1 rings (SSSR count). The molecule has 0 saturated heterocycles. The number of benzene rings is 1.